The number of methoxy groups -OCH3 is 1. The van der Waals surface area contributed by atoms with E-state index in [1.54, 1.807) is 19.2 Å². The van der Waals surface area contributed by atoms with Crippen molar-refractivity contribution < 1.29 is 9.47 Å². The molecule has 0 aliphatic heterocycles. The van der Waals surface area contributed by atoms with Gasteiger partial charge in [0.25, 0.3) is 0 Å². The SMILES string of the molecule is COCCC(C)Oc1ccc(C#N)cc1. The van der Waals surface area contributed by atoms with Gasteiger partial charge in [-0.1, -0.05) is 0 Å². The number of hydrogen-bond donors (Lipinski definition) is 0. The Labute approximate surface area is 90.2 Å². The Morgan fingerprint density at radius 2 is 2.00 bits per heavy atom. The van der Waals surface area contributed by atoms with Gasteiger partial charge in [-0.2, -0.15) is 5.26 Å². The highest BCUT2D eigenvalue weighted by Crippen LogP contribution is 2.14. The predicted octanol–water partition coefficient (Wildman–Crippen LogP) is 2.36. The van der Waals surface area contributed by atoms with Gasteiger partial charge in [0.2, 0.25) is 0 Å². The van der Waals surface area contributed by atoms with E-state index in [1.807, 2.05) is 19.1 Å². The molecule has 0 heterocycles. The number of ether oxygens (including phenoxy) is 2. The highest BCUT2D eigenvalue weighted by atomic mass is 16.5. The maximum Gasteiger partial charge on any atom is 0.119 e. The standard InChI is InChI=1S/C12H15NO2/c1-10(7-8-14-2)15-12-5-3-11(9-13)4-6-12/h3-6,10H,7-8H2,1-2H3. The number of rotatable bonds is 5. The molecule has 0 N–H and O–H groups in total. The van der Waals surface area contributed by atoms with Crippen LogP contribution < -0.4 is 4.74 Å². The average Bonchev–Trinajstić information content (AvgIpc) is 2.27. The van der Waals surface area contributed by atoms with E-state index in [2.05, 4.69) is 6.07 Å². The lowest BCUT2D eigenvalue weighted by Gasteiger charge is -2.13. The molecule has 1 rings (SSSR count). The van der Waals surface area contributed by atoms with Crippen LogP contribution in [0.5, 0.6) is 5.75 Å². The number of nitriles is 1. The highest BCUT2D eigenvalue weighted by Gasteiger charge is 2.03. The van der Waals surface area contributed by atoms with Crippen LogP contribution in [0.3, 0.4) is 0 Å². The quantitative estimate of drug-likeness (QED) is 0.741. The molecule has 15 heavy (non-hydrogen) atoms. The monoisotopic (exact) mass is 205 g/mol. The Morgan fingerprint density at radius 1 is 1.33 bits per heavy atom. The number of benzene rings is 1. The zero-order chi connectivity index (χ0) is 11.1. The summed E-state index contributed by atoms with van der Waals surface area (Å²) >= 11 is 0. The molecule has 0 aromatic heterocycles. The average molecular weight is 205 g/mol. The molecular weight excluding hydrogens is 190 g/mol. The van der Waals surface area contributed by atoms with Crippen LogP contribution in [-0.2, 0) is 4.74 Å². The first kappa shape index (κ1) is 11.5. The van der Waals surface area contributed by atoms with Crippen molar-refractivity contribution in [3.05, 3.63) is 29.8 Å². The Hall–Kier alpha value is -1.53. The molecule has 3 heteroatoms. The van der Waals surface area contributed by atoms with E-state index >= 15 is 0 Å². The van der Waals surface area contributed by atoms with Gasteiger partial charge in [0.1, 0.15) is 5.75 Å². The van der Waals surface area contributed by atoms with Crippen LogP contribution in [0.1, 0.15) is 18.9 Å². The zero-order valence-electron chi connectivity index (χ0n) is 9.06. The van der Waals surface area contributed by atoms with E-state index in [1.165, 1.54) is 0 Å². The molecule has 0 amide bonds. The highest BCUT2D eigenvalue weighted by molar-refractivity contribution is 5.34. The summed E-state index contributed by atoms with van der Waals surface area (Å²) in [6, 6.07) is 9.18. The lowest BCUT2D eigenvalue weighted by molar-refractivity contribution is 0.135. The molecule has 1 aromatic rings. The van der Waals surface area contributed by atoms with Crippen molar-refractivity contribution in [2.75, 3.05) is 13.7 Å². The molecular formula is C12H15NO2. The zero-order valence-corrected chi connectivity index (χ0v) is 9.06. The second-order valence-electron chi connectivity index (χ2n) is 3.35. The summed E-state index contributed by atoms with van der Waals surface area (Å²) in [5.74, 6) is 0.789. The molecule has 0 saturated carbocycles. The Bertz CT molecular complexity index is 326. The van der Waals surface area contributed by atoms with Gasteiger partial charge in [0.15, 0.2) is 0 Å². The van der Waals surface area contributed by atoms with Gasteiger partial charge in [-0.25, -0.2) is 0 Å². The van der Waals surface area contributed by atoms with Crippen LogP contribution >= 0.6 is 0 Å². The van der Waals surface area contributed by atoms with Crippen LogP contribution in [0.4, 0.5) is 0 Å². The van der Waals surface area contributed by atoms with Crippen molar-refractivity contribution in [1.82, 2.24) is 0 Å². The molecule has 0 spiro atoms. The van der Waals surface area contributed by atoms with Gasteiger partial charge in [-0.3, -0.25) is 0 Å². The molecule has 0 aliphatic rings. The fourth-order valence-corrected chi connectivity index (χ4v) is 1.18. The van der Waals surface area contributed by atoms with E-state index in [9.17, 15) is 0 Å². The smallest absolute Gasteiger partial charge is 0.119 e. The molecule has 0 aliphatic carbocycles. The van der Waals surface area contributed by atoms with Gasteiger partial charge >= 0.3 is 0 Å². The topological polar surface area (TPSA) is 42.2 Å². The van der Waals surface area contributed by atoms with Crippen molar-refractivity contribution in [2.45, 2.75) is 19.4 Å². The molecule has 80 valence electrons. The summed E-state index contributed by atoms with van der Waals surface area (Å²) in [6.45, 7) is 2.69. The minimum Gasteiger partial charge on any atom is -0.491 e. The number of nitrogens with zero attached hydrogens (tertiary/aromatic N) is 1. The van der Waals surface area contributed by atoms with Crippen molar-refractivity contribution in [3.63, 3.8) is 0 Å². The molecule has 0 radical (unpaired) electrons. The van der Waals surface area contributed by atoms with Crippen LogP contribution in [0.25, 0.3) is 0 Å². The normalized spacial score (nSPS) is 11.8. The summed E-state index contributed by atoms with van der Waals surface area (Å²) in [5.41, 5.74) is 0.645. The Balaban J connectivity index is 2.47. The third kappa shape index (κ3) is 4.01. The molecule has 0 saturated heterocycles. The third-order valence-electron chi connectivity index (χ3n) is 2.05. The Kier molecular flexibility index (Phi) is 4.65. The Morgan fingerprint density at radius 3 is 2.53 bits per heavy atom. The van der Waals surface area contributed by atoms with Crippen LogP contribution in [-0.4, -0.2) is 19.8 Å². The summed E-state index contributed by atoms with van der Waals surface area (Å²) in [7, 11) is 1.68. The number of hydrogen-bond acceptors (Lipinski definition) is 3. The summed E-state index contributed by atoms with van der Waals surface area (Å²) < 4.78 is 10.6. The van der Waals surface area contributed by atoms with Crippen LogP contribution in [0, 0.1) is 11.3 Å². The minimum atomic E-state index is 0.123. The van der Waals surface area contributed by atoms with Gasteiger partial charge < -0.3 is 9.47 Å². The minimum absolute atomic E-state index is 0.123. The second kappa shape index (κ2) is 6.05. The van der Waals surface area contributed by atoms with E-state index < -0.39 is 0 Å². The summed E-state index contributed by atoms with van der Waals surface area (Å²) in [6.07, 6.45) is 0.981. The maximum absolute atomic E-state index is 8.62. The largest absolute Gasteiger partial charge is 0.491 e. The van der Waals surface area contributed by atoms with Gasteiger partial charge in [0, 0.05) is 20.1 Å². The van der Waals surface area contributed by atoms with E-state index in [0.717, 1.165) is 12.2 Å². The third-order valence-corrected chi connectivity index (χ3v) is 2.05. The lowest BCUT2D eigenvalue weighted by Crippen LogP contribution is -2.14. The first-order chi connectivity index (χ1) is 7.26. The second-order valence-corrected chi connectivity index (χ2v) is 3.35. The van der Waals surface area contributed by atoms with Crippen molar-refractivity contribution in [2.24, 2.45) is 0 Å². The fourth-order valence-electron chi connectivity index (χ4n) is 1.18. The summed E-state index contributed by atoms with van der Waals surface area (Å²) in [4.78, 5) is 0. The van der Waals surface area contributed by atoms with Gasteiger partial charge in [-0.05, 0) is 31.2 Å². The molecule has 0 bridgehead atoms. The first-order valence-corrected chi connectivity index (χ1v) is 4.92. The van der Waals surface area contributed by atoms with E-state index in [-0.39, 0.29) is 6.10 Å². The van der Waals surface area contributed by atoms with Crippen molar-refractivity contribution in [3.8, 4) is 11.8 Å². The van der Waals surface area contributed by atoms with E-state index in [0.29, 0.717) is 12.2 Å². The molecule has 1 aromatic carbocycles. The van der Waals surface area contributed by atoms with Crippen molar-refractivity contribution in [1.29, 1.82) is 5.26 Å². The maximum atomic E-state index is 8.62. The molecule has 1 atom stereocenters. The molecule has 0 fully saturated rings. The first-order valence-electron chi connectivity index (χ1n) is 4.92. The molecule has 3 nitrogen and oxygen atoms in total. The summed E-state index contributed by atoms with van der Waals surface area (Å²) in [5, 5.41) is 8.62. The van der Waals surface area contributed by atoms with Crippen LogP contribution in [0.15, 0.2) is 24.3 Å². The predicted molar refractivity (Wildman–Crippen MR) is 57.7 cm³/mol. The van der Waals surface area contributed by atoms with Crippen LogP contribution in [0.2, 0.25) is 0 Å². The van der Waals surface area contributed by atoms with Gasteiger partial charge in [0.05, 0.1) is 17.7 Å². The lowest BCUT2D eigenvalue weighted by atomic mass is 10.2. The molecule has 1 unspecified atom stereocenters. The van der Waals surface area contributed by atoms with E-state index in [4.69, 9.17) is 14.7 Å². The fraction of sp³-hybridized carbons (Fsp3) is 0.417. The van der Waals surface area contributed by atoms with Crippen molar-refractivity contribution >= 4 is 0 Å². The van der Waals surface area contributed by atoms with Gasteiger partial charge in [-0.15, -0.1) is 0 Å².